The largest absolute Gasteiger partial charge is 0.497 e. The number of rotatable bonds is 15. The zero-order chi connectivity index (χ0) is 34.8. The maximum Gasteiger partial charge on any atom is 0.405 e. The van der Waals surface area contributed by atoms with Gasteiger partial charge in [-0.25, -0.2) is 4.79 Å². The average molecular weight is 662 g/mol. The van der Waals surface area contributed by atoms with Gasteiger partial charge in [-0.05, 0) is 41.2 Å². The molecule has 0 radical (unpaired) electrons. The Morgan fingerprint density at radius 3 is 1.93 bits per heavy atom. The summed E-state index contributed by atoms with van der Waals surface area (Å²) in [6, 6.07) is 7.57. The Hall–Kier alpha value is -4.51. The fourth-order valence-corrected chi connectivity index (χ4v) is 4.18. The molecule has 0 heterocycles. The molecule has 0 spiro atoms. The molecule has 0 aromatic heterocycles. The lowest BCUT2D eigenvalue weighted by atomic mass is 9.92. The van der Waals surface area contributed by atoms with Crippen molar-refractivity contribution in [2.75, 3.05) is 13.7 Å². The van der Waals surface area contributed by atoms with Gasteiger partial charge in [-0.15, -0.1) is 0 Å². The fraction of sp³-hybridized carbons (Fsp3) is 0.448. The van der Waals surface area contributed by atoms with E-state index < -0.39 is 72.6 Å². The van der Waals surface area contributed by atoms with E-state index in [9.17, 15) is 46.2 Å². The molecule has 0 saturated heterocycles. The number of halogens is 5. The first-order valence-corrected chi connectivity index (χ1v) is 13.8. The molecule has 4 amide bonds. The van der Waals surface area contributed by atoms with E-state index in [-0.39, 0.29) is 18.5 Å². The zero-order valence-corrected chi connectivity index (χ0v) is 25.0. The number of nitrogens with two attached hydrogens (primary N) is 1. The molecule has 254 valence electrons. The molecular formula is C29H36F5N5O7. The van der Waals surface area contributed by atoms with Crippen LogP contribution in [0.15, 0.2) is 48.5 Å². The van der Waals surface area contributed by atoms with Crippen molar-refractivity contribution in [1.82, 2.24) is 21.3 Å². The van der Waals surface area contributed by atoms with Crippen LogP contribution in [0.1, 0.15) is 36.6 Å². The second-order valence-corrected chi connectivity index (χ2v) is 10.6. The van der Waals surface area contributed by atoms with Crippen LogP contribution in [-0.4, -0.2) is 78.0 Å². The van der Waals surface area contributed by atoms with Gasteiger partial charge in [-0.3, -0.25) is 14.4 Å². The lowest BCUT2D eigenvalue weighted by molar-refractivity contribution is -0.175. The second kappa shape index (κ2) is 16.2. The van der Waals surface area contributed by atoms with Gasteiger partial charge in [0.2, 0.25) is 11.8 Å². The van der Waals surface area contributed by atoms with Crippen LogP contribution in [0, 0.1) is 5.92 Å². The first-order valence-electron chi connectivity index (χ1n) is 13.8. The molecule has 0 bridgehead atoms. The topological polar surface area (TPSA) is 192 Å². The first kappa shape index (κ1) is 37.7. The summed E-state index contributed by atoms with van der Waals surface area (Å²) >= 11 is 0. The van der Waals surface area contributed by atoms with Crippen molar-refractivity contribution in [2.45, 2.75) is 63.1 Å². The predicted octanol–water partition coefficient (Wildman–Crippen LogP) is 2.01. The van der Waals surface area contributed by atoms with Crippen LogP contribution in [-0.2, 0) is 27.3 Å². The van der Waals surface area contributed by atoms with Gasteiger partial charge in [0.25, 0.3) is 5.91 Å². The van der Waals surface area contributed by atoms with Gasteiger partial charge in [0.1, 0.15) is 24.4 Å². The Labute approximate surface area is 260 Å². The number of carbonyl (C=O) groups excluding carboxylic acids is 3. The number of amides is 4. The number of carbonyl (C=O) groups is 4. The summed E-state index contributed by atoms with van der Waals surface area (Å²) in [5, 5.41) is 27.0. The molecule has 0 aliphatic heterocycles. The van der Waals surface area contributed by atoms with E-state index in [2.05, 4.69) is 16.0 Å². The molecular weight excluding hydrogens is 625 g/mol. The summed E-state index contributed by atoms with van der Waals surface area (Å²) in [4.78, 5) is 49.2. The van der Waals surface area contributed by atoms with Gasteiger partial charge in [0.05, 0.1) is 19.2 Å². The smallest absolute Gasteiger partial charge is 0.405 e. The minimum atomic E-state index is -4.99. The van der Waals surface area contributed by atoms with Crippen LogP contribution in [0.5, 0.6) is 5.75 Å². The van der Waals surface area contributed by atoms with Crippen LogP contribution in [0.25, 0.3) is 0 Å². The number of benzene rings is 2. The van der Waals surface area contributed by atoms with Crippen molar-refractivity contribution < 1.29 is 56.1 Å². The van der Waals surface area contributed by atoms with Crippen LogP contribution in [0.4, 0.5) is 26.7 Å². The molecule has 17 heteroatoms. The van der Waals surface area contributed by atoms with E-state index in [1.807, 2.05) is 0 Å². The molecule has 46 heavy (non-hydrogen) atoms. The normalized spacial score (nSPS) is 14.4. The van der Waals surface area contributed by atoms with Crippen molar-refractivity contribution in [3.8, 4) is 5.75 Å². The average Bonchev–Trinajstić information content (AvgIpc) is 2.99. The summed E-state index contributed by atoms with van der Waals surface area (Å²) < 4.78 is 72.0. The van der Waals surface area contributed by atoms with E-state index in [0.29, 0.717) is 16.9 Å². The Morgan fingerprint density at radius 2 is 1.43 bits per heavy atom. The Kier molecular flexibility index (Phi) is 13.2. The SMILES string of the molecule is COc1ccc(C(NC(=O)C(N)Cc2ccc(CNC(=O)O)cc2)C(=O)NC(C(C)C)C(O)C(F)(F)C(=O)NCC(F)(F)F)cc1. The van der Waals surface area contributed by atoms with Crippen molar-refractivity contribution in [3.05, 3.63) is 65.2 Å². The molecule has 2 aromatic rings. The Balaban J connectivity index is 2.26. The highest BCUT2D eigenvalue weighted by Gasteiger charge is 2.52. The van der Waals surface area contributed by atoms with E-state index in [0.717, 1.165) is 5.32 Å². The highest BCUT2D eigenvalue weighted by molar-refractivity contribution is 5.91. The number of methoxy groups -OCH3 is 1. The van der Waals surface area contributed by atoms with Gasteiger partial charge < -0.3 is 42.0 Å². The number of nitrogens with one attached hydrogen (secondary N) is 4. The zero-order valence-electron chi connectivity index (χ0n) is 25.0. The lowest BCUT2D eigenvalue weighted by Gasteiger charge is -2.33. The second-order valence-electron chi connectivity index (χ2n) is 10.6. The van der Waals surface area contributed by atoms with Crippen molar-refractivity contribution >= 4 is 23.8 Å². The number of aliphatic hydroxyl groups excluding tert-OH is 1. The molecule has 0 saturated carbocycles. The van der Waals surface area contributed by atoms with E-state index in [1.165, 1.54) is 45.2 Å². The number of hydrogen-bond donors (Lipinski definition) is 7. The molecule has 2 aromatic carbocycles. The molecule has 12 nitrogen and oxygen atoms in total. The third kappa shape index (κ3) is 11.1. The lowest BCUT2D eigenvalue weighted by Crippen LogP contribution is -2.60. The van der Waals surface area contributed by atoms with Crippen molar-refractivity contribution in [3.63, 3.8) is 0 Å². The molecule has 8 N–H and O–H groups in total. The van der Waals surface area contributed by atoms with Crippen LogP contribution >= 0.6 is 0 Å². The van der Waals surface area contributed by atoms with E-state index in [4.69, 9.17) is 15.6 Å². The van der Waals surface area contributed by atoms with Crippen molar-refractivity contribution in [1.29, 1.82) is 0 Å². The number of ether oxygens (including phenoxy) is 1. The Bertz CT molecular complexity index is 1340. The third-order valence-electron chi connectivity index (χ3n) is 6.75. The Morgan fingerprint density at radius 1 is 0.870 bits per heavy atom. The quantitative estimate of drug-likeness (QED) is 0.141. The summed E-state index contributed by atoms with van der Waals surface area (Å²) in [6.45, 7) is 0.622. The molecule has 0 aliphatic rings. The number of carboxylic acid groups (broad SMARTS) is 1. The number of alkyl halides is 5. The van der Waals surface area contributed by atoms with E-state index in [1.54, 1.807) is 24.3 Å². The molecule has 0 fully saturated rings. The van der Waals surface area contributed by atoms with Crippen LogP contribution in [0.2, 0.25) is 0 Å². The molecule has 4 atom stereocenters. The summed E-state index contributed by atoms with van der Waals surface area (Å²) in [6.07, 6.45) is -9.15. The first-order chi connectivity index (χ1) is 21.3. The van der Waals surface area contributed by atoms with Crippen LogP contribution in [0.3, 0.4) is 0 Å². The van der Waals surface area contributed by atoms with Crippen LogP contribution < -0.4 is 31.7 Å². The van der Waals surface area contributed by atoms with Gasteiger partial charge in [0.15, 0.2) is 0 Å². The van der Waals surface area contributed by atoms with Gasteiger partial charge in [-0.2, -0.15) is 22.0 Å². The van der Waals surface area contributed by atoms with Crippen molar-refractivity contribution in [2.24, 2.45) is 11.7 Å². The monoisotopic (exact) mass is 661 g/mol. The molecule has 4 unspecified atom stereocenters. The summed E-state index contributed by atoms with van der Waals surface area (Å²) in [5.74, 6) is -9.64. The molecule has 0 aliphatic carbocycles. The molecule has 2 rings (SSSR count). The maximum atomic E-state index is 14.8. The highest BCUT2D eigenvalue weighted by Crippen LogP contribution is 2.27. The number of hydrogen-bond acceptors (Lipinski definition) is 7. The standard InChI is InChI=1S/C29H36F5N5O7/c1-15(2)21(23(40)29(33,34)26(43)37-14-28(30,31)32)38-25(42)22(18-8-10-19(46-3)11-9-18)39-24(41)20(35)12-16-4-6-17(7-5-16)13-36-27(44)45/h4-11,15,20-23,36,40H,12-14,35H2,1-3H3,(H,37,43)(H,38,42)(H,39,41)(H,44,45). The third-order valence-corrected chi connectivity index (χ3v) is 6.75. The highest BCUT2D eigenvalue weighted by atomic mass is 19.4. The fourth-order valence-electron chi connectivity index (χ4n) is 4.18. The van der Waals surface area contributed by atoms with E-state index >= 15 is 0 Å². The van der Waals surface area contributed by atoms with Gasteiger partial charge in [0, 0.05) is 6.54 Å². The minimum Gasteiger partial charge on any atom is -0.497 e. The van der Waals surface area contributed by atoms with Gasteiger partial charge in [-0.1, -0.05) is 50.2 Å². The maximum absolute atomic E-state index is 14.8. The summed E-state index contributed by atoms with van der Waals surface area (Å²) in [7, 11) is 1.38. The number of aliphatic hydroxyl groups is 1. The van der Waals surface area contributed by atoms with Gasteiger partial charge >= 0.3 is 18.2 Å². The predicted molar refractivity (Wildman–Crippen MR) is 154 cm³/mol. The minimum absolute atomic E-state index is 0.0119. The summed E-state index contributed by atoms with van der Waals surface area (Å²) in [5.41, 5.74) is 7.48.